The summed E-state index contributed by atoms with van der Waals surface area (Å²) >= 11 is 0. The van der Waals surface area contributed by atoms with Crippen LogP contribution in [0.3, 0.4) is 0 Å². The Kier molecular flexibility index (Phi) is 5.09. The number of rotatable bonds is 4. The highest BCUT2D eigenvalue weighted by atomic mass is 16.5. The van der Waals surface area contributed by atoms with Crippen molar-refractivity contribution in [2.75, 3.05) is 32.8 Å². The Labute approximate surface area is 120 Å². The zero-order chi connectivity index (χ0) is 14.4. The van der Waals surface area contributed by atoms with Gasteiger partial charge in [-0.2, -0.15) is 0 Å². The van der Waals surface area contributed by atoms with Gasteiger partial charge in [0.1, 0.15) is 0 Å². The van der Waals surface area contributed by atoms with Gasteiger partial charge in [-0.05, 0) is 38.9 Å². The van der Waals surface area contributed by atoms with E-state index in [0.717, 1.165) is 38.3 Å². The molecule has 20 heavy (non-hydrogen) atoms. The van der Waals surface area contributed by atoms with E-state index in [4.69, 9.17) is 4.74 Å². The van der Waals surface area contributed by atoms with Crippen LogP contribution in [-0.2, 0) is 15.1 Å². The number of aromatic nitrogens is 1. The van der Waals surface area contributed by atoms with Gasteiger partial charge >= 0.3 is 5.97 Å². The van der Waals surface area contributed by atoms with Gasteiger partial charge in [0.15, 0.2) is 5.54 Å². The number of ether oxygens (including phenoxy) is 1. The van der Waals surface area contributed by atoms with Crippen LogP contribution in [0.15, 0.2) is 24.4 Å². The van der Waals surface area contributed by atoms with E-state index in [1.165, 1.54) is 0 Å². The molecule has 1 aromatic rings. The third-order valence-corrected chi connectivity index (χ3v) is 3.81. The van der Waals surface area contributed by atoms with Gasteiger partial charge in [-0.3, -0.25) is 9.88 Å². The van der Waals surface area contributed by atoms with Crippen LogP contribution in [0.1, 0.15) is 26.0 Å². The molecule has 1 fully saturated rings. The first-order valence-electron chi connectivity index (χ1n) is 7.24. The van der Waals surface area contributed by atoms with E-state index in [1.807, 2.05) is 32.0 Å². The summed E-state index contributed by atoms with van der Waals surface area (Å²) in [5, 5.41) is 3.36. The monoisotopic (exact) mass is 277 g/mol. The second-order valence-corrected chi connectivity index (χ2v) is 5.10. The minimum absolute atomic E-state index is 0.222. The molecule has 110 valence electrons. The van der Waals surface area contributed by atoms with E-state index in [2.05, 4.69) is 15.2 Å². The van der Waals surface area contributed by atoms with Crippen molar-refractivity contribution in [3.8, 4) is 0 Å². The lowest BCUT2D eigenvalue weighted by Crippen LogP contribution is -2.52. The SMILES string of the molecule is CCOC(=O)C(C)(c1ccccn1)N1CCCNCC1. The standard InChI is InChI=1S/C15H23N3O2/c1-3-20-14(19)15(2,13-7-4-5-9-17-13)18-11-6-8-16-10-12-18/h4-5,7,9,16H,3,6,8,10-12H2,1-2H3. The molecule has 0 saturated carbocycles. The van der Waals surface area contributed by atoms with Crippen molar-refractivity contribution in [3.63, 3.8) is 0 Å². The smallest absolute Gasteiger partial charge is 0.332 e. The van der Waals surface area contributed by atoms with Crippen molar-refractivity contribution in [2.24, 2.45) is 0 Å². The Bertz CT molecular complexity index is 430. The maximum absolute atomic E-state index is 12.6. The van der Waals surface area contributed by atoms with Crippen molar-refractivity contribution in [1.29, 1.82) is 0 Å². The molecule has 5 heteroatoms. The summed E-state index contributed by atoms with van der Waals surface area (Å²) in [5.74, 6) is -0.222. The molecule has 0 spiro atoms. The molecule has 1 N–H and O–H groups in total. The molecule has 0 amide bonds. The zero-order valence-electron chi connectivity index (χ0n) is 12.3. The molecule has 1 aliphatic heterocycles. The lowest BCUT2D eigenvalue weighted by Gasteiger charge is -2.37. The highest BCUT2D eigenvalue weighted by Crippen LogP contribution is 2.29. The topological polar surface area (TPSA) is 54.5 Å². The van der Waals surface area contributed by atoms with Gasteiger partial charge in [0.25, 0.3) is 0 Å². The normalized spacial score (nSPS) is 19.9. The number of carbonyl (C=O) groups is 1. The Morgan fingerprint density at radius 1 is 1.45 bits per heavy atom. The Balaban J connectivity index is 2.34. The van der Waals surface area contributed by atoms with Crippen LogP contribution in [0.25, 0.3) is 0 Å². The predicted octanol–water partition coefficient (Wildman–Crippen LogP) is 1.16. The molecular formula is C15H23N3O2. The second-order valence-electron chi connectivity index (χ2n) is 5.10. The van der Waals surface area contributed by atoms with Crippen molar-refractivity contribution in [1.82, 2.24) is 15.2 Å². The van der Waals surface area contributed by atoms with Crippen molar-refractivity contribution < 1.29 is 9.53 Å². The van der Waals surface area contributed by atoms with Crippen LogP contribution >= 0.6 is 0 Å². The molecule has 1 aromatic heterocycles. The van der Waals surface area contributed by atoms with E-state index in [1.54, 1.807) is 6.20 Å². The highest BCUT2D eigenvalue weighted by molar-refractivity contribution is 5.81. The average Bonchev–Trinajstić information content (AvgIpc) is 2.77. The molecule has 0 aromatic carbocycles. The third kappa shape index (κ3) is 2.99. The molecule has 1 unspecified atom stereocenters. The van der Waals surface area contributed by atoms with E-state index in [0.29, 0.717) is 6.61 Å². The van der Waals surface area contributed by atoms with E-state index < -0.39 is 5.54 Å². The van der Waals surface area contributed by atoms with Crippen LogP contribution in [0.4, 0.5) is 0 Å². The summed E-state index contributed by atoms with van der Waals surface area (Å²) in [4.78, 5) is 19.1. The maximum Gasteiger partial charge on any atom is 0.332 e. The molecular weight excluding hydrogens is 254 g/mol. The number of nitrogens with one attached hydrogen (secondary N) is 1. The number of esters is 1. The molecule has 1 saturated heterocycles. The number of pyridine rings is 1. The number of hydrogen-bond donors (Lipinski definition) is 1. The first-order chi connectivity index (χ1) is 9.69. The van der Waals surface area contributed by atoms with Gasteiger partial charge < -0.3 is 10.1 Å². The van der Waals surface area contributed by atoms with Gasteiger partial charge in [0.05, 0.1) is 12.3 Å². The Hall–Kier alpha value is -1.46. The molecule has 0 bridgehead atoms. The number of nitrogens with zero attached hydrogens (tertiary/aromatic N) is 2. The van der Waals surface area contributed by atoms with Crippen molar-refractivity contribution in [2.45, 2.75) is 25.8 Å². The summed E-state index contributed by atoms with van der Waals surface area (Å²) in [6, 6.07) is 5.67. The van der Waals surface area contributed by atoms with E-state index >= 15 is 0 Å². The largest absolute Gasteiger partial charge is 0.464 e. The van der Waals surface area contributed by atoms with Crippen molar-refractivity contribution in [3.05, 3.63) is 30.1 Å². The third-order valence-electron chi connectivity index (χ3n) is 3.81. The number of carbonyl (C=O) groups excluding carboxylic acids is 1. The summed E-state index contributed by atoms with van der Waals surface area (Å²) in [6.45, 7) is 7.66. The first-order valence-corrected chi connectivity index (χ1v) is 7.24. The van der Waals surface area contributed by atoms with Crippen LogP contribution in [0, 0.1) is 0 Å². The average molecular weight is 277 g/mol. The van der Waals surface area contributed by atoms with Gasteiger partial charge in [-0.1, -0.05) is 6.07 Å². The summed E-state index contributed by atoms with van der Waals surface area (Å²) in [5.41, 5.74) is -0.0659. The number of hydrogen-bond acceptors (Lipinski definition) is 5. The fourth-order valence-corrected chi connectivity index (χ4v) is 2.61. The summed E-state index contributed by atoms with van der Waals surface area (Å²) in [6.07, 6.45) is 2.74. The Morgan fingerprint density at radius 2 is 2.30 bits per heavy atom. The second kappa shape index (κ2) is 6.81. The molecule has 0 radical (unpaired) electrons. The fourth-order valence-electron chi connectivity index (χ4n) is 2.61. The highest BCUT2D eigenvalue weighted by Gasteiger charge is 2.43. The van der Waals surface area contributed by atoms with Crippen LogP contribution in [0.2, 0.25) is 0 Å². The molecule has 1 atom stereocenters. The van der Waals surface area contributed by atoms with Gasteiger partial charge in [-0.15, -0.1) is 0 Å². The van der Waals surface area contributed by atoms with Crippen LogP contribution in [0.5, 0.6) is 0 Å². The molecule has 5 nitrogen and oxygen atoms in total. The molecule has 2 heterocycles. The quantitative estimate of drug-likeness (QED) is 0.837. The van der Waals surface area contributed by atoms with Gasteiger partial charge in [0, 0.05) is 25.8 Å². The predicted molar refractivity (Wildman–Crippen MR) is 77.3 cm³/mol. The van der Waals surface area contributed by atoms with Gasteiger partial charge in [0.2, 0.25) is 0 Å². The molecule has 1 aliphatic rings. The minimum atomic E-state index is -0.816. The van der Waals surface area contributed by atoms with Crippen LogP contribution < -0.4 is 5.32 Å². The summed E-state index contributed by atoms with van der Waals surface area (Å²) in [7, 11) is 0. The minimum Gasteiger partial charge on any atom is -0.464 e. The van der Waals surface area contributed by atoms with Crippen LogP contribution in [-0.4, -0.2) is 48.6 Å². The fraction of sp³-hybridized carbons (Fsp3) is 0.600. The molecule has 0 aliphatic carbocycles. The lowest BCUT2D eigenvalue weighted by atomic mass is 9.94. The van der Waals surface area contributed by atoms with Crippen molar-refractivity contribution >= 4 is 5.97 Å². The zero-order valence-corrected chi connectivity index (χ0v) is 12.3. The summed E-state index contributed by atoms with van der Waals surface area (Å²) < 4.78 is 5.31. The van der Waals surface area contributed by atoms with Gasteiger partial charge in [-0.25, -0.2) is 4.79 Å². The first kappa shape index (κ1) is 14.9. The lowest BCUT2D eigenvalue weighted by molar-refractivity contribution is -0.158. The maximum atomic E-state index is 12.6. The van der Waals surface area contributed by atoms with E-state index in [-0.39, 0.29) is 5.97 Å². The van der Waals surface area contributed by atoms with E-state index in [9.17, 15) is 4.79 Å². The molecule has 2 rings (SSSR count). The Morgan fingerprint density at radius 3 is 3.00 bits per heavy atom.